The Labute approximate surface area is 184 Å². The standard InChI is InChI=1S/C21H17Cl4NO2/c1-27-20-8-14(11-26-15-6-7-17(23)19(25)9-15)18(24)10-21(20)28-12-13-4-2-3-5-16(13)22/h2-10,26H,11-12H2,1H3. The van der Waals surface area contributed by atoms with Crippen LogP contribution in [0, 0.1) is 0 Å². The van der Waals surface area contributed by atoms with E-state index >= 15 is 0 Å². The number of hydrogen-bond acceptors (Lipinski definition) is 3. The fourth-order valence-corrected chi connectivity index (χ4v) is 3.27. The molecule has 0 saturated carbocycles. The fourth-order valence-electron chi connectivity index (χ4n) is 2.56. The smallest absolute Gasteiger partial charge is 0.163 e. The van der Waals surface area contributed by atoms with Gasteiger partial charge in [0.25, 0.3) is 0 Å². The zero-order valence-electron chi connectivity index (χ0n) is 14.9. The lowest BCUT2D eigenvalue weighted by molar-refractivity contribution is 0.284. The van der Waals surface area contributed by atoms with Crippen molar-refractivity contribution < 1.29 is 9.47 Å². The Balaban J connectivity index is 1.73. The highest BCUT2D eigenvalue weighted by atomic mass is 35.5. The second-order valence-corrected chi connectivity index (χ2v) is 7.59. The summed E-state index contributed by atoms with van der Waals surface area (Å²) in [4.78, 5) is 0. The van der Waals surface area contributed by atoms with Crippen LogP contribution in [0.1, 0.15) is 11.1 Å². The van der Waals surface area contributed by atoms with Gasteiger partial charge in [-0.3, -0.25) is 0 Å². The molecule has 0 amide bonds. The van der Waals surface area contributed by atoms with Gasteiger partial charge in [0.1, 0.15) is 6.61 Å². The van der Waals surface area contributed by atoms with Crippen LogP contribution >= 0.6 is 46.4 Å². The van der Waals surface area contributed by atoms with Crippen molar-refractivity contribution in [3.63, 3.8) is 0 Å². The summed E-state index contributed by atoms with van der Waals surface area (Å²) in [5, 5.41) is 5.46. The molecule has 0 aliphatic carbocycles. The molecular weight excluding hydrogens is 440 g/mol. The highest BCUT2D eigenvalue weighted by Crippen LogP contribution is 2.35. The van der Waals surface area contributed by atoms with Gasteiger partial charge in [0.15, 0.2) is 11.5 Å². The molecule has 0 aliphatic heterocycles. The second-order valence-electron chi connectivity index (χ2n) is 5.96. The summed E-state index contributed by atoms with van der Waals surface area (Å²) in [5.41, 5.74) is 2.57. The normalized spacial score (nSPS) is 10.6. The van der Waals surface area contributed by atoms with Crippen molar-refractivity contribution in [1.82, 2.24) is 0 Å². The van der Waals surface area contributed by atoms with Crippen molar-refractivity contribution in [2.24, 2.45) is 0 Å². The summed E-state index contributed by atoms with van der Waals surface area (Å²) in [6, 6.07) is 16.4. The molecule has 0 aromatic heterocycles. The van der Waals surface area contributed by atoms with Crippen molar-refractivity contribution in [3.8, 4) is 11.5 Å². The molecule has 0 bridgehead atoms. The largest absolute Gasteiger partial charge is 0.493 e. The van der Waals surface area contributed by atoms with Crippen LogP contribution in [-0.4, -0.2) is 7.11 Å². The summed E-state index contributed by atoms with van der Waals surface area (Å²) in [6.07, 6.45) is 0. The first-order chi connectivity index (χ1) is 13.5. The number of methoxy groups -OCH3 is 1. The quantitative estimate of drug-likeness (QED) is 0.399. The predicted molar refractivity (Wildman–Crippen MR) is 118 cm³/mol. The minimum absolute atomic E-state index is 0.313. The van der Waals surface area contributed by atoms with Gasteiger partial charge in [0.2, 0.25) is 0 Å². The monoisotopic (exact) mass is 455 g/mol. The van der Waals surface area contributed by atoms with Crippen molar-refractivity contribution >= 4 is 52.1 Å². The number of ether oxygens (including phenoxy) is 2. The summed E-state index contributed by atoms with van der Waals surface area (Å²) in [5.74, 6) is 1.13. The third-order valence-electron chi connectivity index (χ3n) is 4.08. The molecule has 0 fully saturated rings. The van der Waals surface area contributed by atoms with Gasteiger partial charge >= 0.3 is 0 Å². The van der Waals surface area contributed by atoms with E-state index in [0.717, 1.165) is 16.8 Å². The average molecular weight is 457 g/mol. The van der Waals surface area contributed by atoms with Crippen LogP contribution in [0.3, 0.4) is 0 Å². The number of nitrogens with one attached hydrogen (secondary N) is 1. The zero-order valence-corrected chi connectivity index (χ0v) is 18.0. The molecule has 7 heteroatoms. The molecular formula is C21H17Cl4NO2. The maximum atomic E-state index is 6.45. The minimum atomic E-state index is 0.313. The average Bonchev–Trinajstić information content (AvgIpc) is 2.69. The van der Waals surface area contributed by atoms with Gasteiger partial charge in [0.05, 0.1) is 17.2 Å². The van der Waals surface area contributed by atoms with E-state index in [-0.39, 0.29) is 0 Å². The van der Waals surface area contributed by atoms with E-state index in [2.05, 4.69) is 5.32 Å². The SMILES string of the molecule is COc1cc(CNc2ccc(Cl)c(Cl)c2)c(Cl)cc1OCc1ccccc1Cl. The molecule has 3 rings (SSSR count). The van der Waals surface area contributed by atoms with E-state index in [1.807, 2.05) is 36.4 Å². The van der Waals surface area contributed by atoms with Crippen LogP contribution in [0.4, 0.5) is 5.69 Å². The Morgan fingerprint density at radius 3 is 2.25 bits per heavy atom. The zero-order chi connectivity index (χ0) is 20.1. The lowest BCUT2D eigenvalue weighted by Crippen LogP contribution is -2.03. The van der Waals surface area contributed by atoms with E-state index in [1.165, 1.54) is 0 Å². The van der Waals surface area contributed by atoms with E-state index in [4.69, 9.17) is 55.9 Å². The molecule has 3 aromatic carbocycles. The molecule has 3 aromatic rings. The molecule has 0 unspecified atom stereocenters. The lowest BCUT2D eigenvalue weighted by atomic mass is 10.2. The van der Waals surface area contributed by atoms with Crippen LogP contribution < -0.4 is 14.8 Å². The van der Waals surface area contributed by atoms with Gasteiger partial charge in [-0.15, -0.1) is 0 Å². The number of hydrogen-bond donors (Lipinski definition) is 1. The number of rotatable bonds is 7. The molecule has 0 spiro atoms. The van der Waals surface area contributed by atoms with Gasteiger partial charge < -0.3 is 14.8 Å². The minimum Gasteiger partial charge on any atom is -0.493 e. The molecule has 0 saturated heterocycles. The highest BCUT2D eigenvalue weighted by molar-refractivity contribution is 6.42. The summed E-state index contributed by atoms with van der Waals surface area (Å²) >= 11 is 24.6. The van der Waals surface area contributed by atoms with Crippen molar-refractivity contribution in [2.75, 3.05) is 12.4 Å². The predicted octanol–water partition coefficient (Wildman–Crippen LogP) is 7.50. The van der Waals surface area contributed by atoms with Crippen LogP contribution in [0.15, 0.2) is 54.6 Å². The summed E-state index contributed by atoms with van der Waals surface area (Å²) in [7, 11) is 1.59. The van der Waals surface area contributed by atoms with Gasteiger partial charge in [-0.1, -0.05) is 64.6 Å². The molecule has 0 atom stereocenters. The van der Waals surface area contributed by atoms with Gasteiger partial charge in [-0.2, -0.15) is 0 Å². The molecule has 0 heterocycles. The van der Waals surface area contributed by atoms with Crippen LogP contribution in [0.2, 0.25) is 20.1 Å². The summed E-state index contributed by atoms with van der Waals surface area (Å²) in [6.45, 7) is 0.797. The van der Waals surface area contributed by atoms with E-state index in [1.54, 1.807) is 25.3 Å². The molecule has 1 N–H and O–H groups in total. The lowest BCUT2D eigenvalue weighted by Gasteiger charge is -2.15. The Bertz CT molecular complexity index is 979. The van der Waals surface area contributed by atoms with Crippen LogP contribution in [-0.2, 0) is 13.2 Å². The van der Waals surface area contributed by atoms with E-state index < -0.39 is 0 Å². The Kier molecular flexibility index (Phi) is 7.19. The molecule has 28 heavy (non-hydrogen) atoms. The maximum absolute atomic E-state index is 6.45. The molecule has 0 aliphatic rings. The van der Waals surface area contributed by atoms with Crippen LogP contribution in [0.5, 0.6) is 11.5 Å². The highest BCUT2D eigenvalue weighted by Gasteiger charge is 2.12. The topological polar surface area (TPSA) is 30.5 Å². The van der Waals surface area contributed by atoms with Crippen molar-refractivity contribution in [1.29, 1.82) is 0 Å². The second kappa shape index (κ2) is 9.62. The first-order valence-electron chi connectivity index (χ1n) is 8.39. The number of halogens is 4. The van der Waals surface area contributed by atoms with Gasteiger partial charge in [-0.25, -0.2) is 0 Å². The molecule has 3 nitrogen and oxygen atoms in total. The van der Waals surface area contributed by atoms with Gasteiger partial charge in [0, 0.05) is 33.9 Å². The Morgan fingerprint density at radius 1 is 0.750 bits per heavy atom. The van der Waals surface area contributed by atoms with Crippen LogP contribution in [0.25, 0.3) is 0 Å². The molecule has 146 valence electrons. The fraction of sp³-hybridized carbons (Fsp3) is 0.143. The third-order valence-corrected chi connectivity index (χ3v) is 5.54. The first-order valence-corrected chi connectivity index (χ1v) is 9.90. The van der Waals surface area contributed by atoms with Crippen molar-refractivity contribution in [2.45, 2.75) is 13.2 Å². The van der Waals surface area contributed by atoms with Crippen molar-refractivity contribution in [3.05, 3.63) is 85.8 Å². The van der Waals surface area contributed by atoms with Gasteiger partial charge in [-0.05, 0) is 35.9 Å². The summed E-state index contributed by atoms with van der Waals surface area (Å²) < 4.78 is 11.3. The number of anilines is 1. The Hall–Kier alpha value is -1.78. The maximum Gasteiger partial charge on any atom is 0.163 e. The Morgan fingerprint density at radius 2 is 1.54 bits per heavy atom. The first kappa shape index (κ1) is 20.9. The van der Waals surface area contributed by atoms with E-state index in [9.17, 15) is 0 Å². The third kappa shape index (κ3) is 5.18. The number of benzene rings is 3. The van der Waals surface area contributed by atoms with E-state index in [0.29, 0.717) is 44.7 Å². The molecule has 0 radical (unpaired) electrons.